The van der Waals surface area contributed by atoms with Crippen LogP contribution in [-0.2, 0) is 6.54 Å². The maximum absolute atomic E-state index is 13.2. The summed E-state index contributed by atoms with van der Waals surface area (Å²) in [6, 6.07) is 16.5. The summed E-state index contributed by atoms with van der Waals surface area (Å²) >= 11 is 1.46. The van der Waals surface area contributed by atoms with E-state index in [-0.39, 0.29) is 5.91 Å². The zero-order chi connectivity index (χ0) is 20.4. The zero-order valence-electron chi connectivity index (χ0n) is 17.0. The summed E-state index contributed by atoms with van der Waals surface area (Å²) in [7, 11) is 0. The number of thiazole rings is 1. The van der Waals surface area contributed by atoms with Crippen molar-refractivity contribution in [3.8, 4) is 11.3 Å². The van der Waals surface area contributed by atoms with E-state index in [4.69, 9.17) is 0 Å². The number of hydrogen-bond acceptors (Lipinski definition) is 3. The first-order valence-electron chi connectivity index (χ1n) is 10.00. The Morgan fingerprint density at radius 2 is 1.86 bits per heavy atom. The number of unbranched alkanes of at least 4 members (excludes halogenated alkanes) is 1. The molecule has 29 heavy (non-hydrogen) atoms. The van der Waals surface area contributed by atoms with E-state index in [0.29, 0.717) is 5.13 Å². The standard InChI is InChI=1S/C24H25N3OS/c1-4-5-14-27-21-9-7-6-8-19(21)17(3)22(27)23(28)26-24-25-20(15-29-24)18-12-10-16(2)11-13-18/h6-13,15H,4-5,14H2,1-3H3,(H,25,26,28). The maximum atomic E-state index is 13.2. The van der Waals surface area contributed by atoms with E-state index in [0.717, 1.165) is 52.8 Å². The van der Waals surface area contributed by atoms with Crippen molar-refractivity contribution < 1.29 is 4.79 Å². The minimum Gasteiger partial charge on any atom is -0.336 e. The number of amides is 1. The SMILES string of the molecule is CCCCn1c(C(=O)Nc2nc(-c3ccc(C)cc3)cs2)c(C)c2ccccc21. The van der Waals surface area contributed by atoms with Gasteiger partial charge in [0.2, 0.25) is 0 Å². The number of aryl methyl sites for hydroxylation is 3. The number of nitrogens with zero attached hydrogens (tertiary/aromatic N) is 2. The van der Waals surface area contributed by atoms with Crippen LogP contribution in [0.5, 0.6) is 0 Å². The van der Waals surface area contributed by atoms with Gasteiger partial charge < -0.3 is 4.57 Å². The van der Waals surface area contributed by atoms with Crippen molar-refractivity contribution in [3.05, 3.63) is 70.7 Å². The molecule has 0 fully saturated rings. The Morgan fingerprint density at radius 1 is 1.10 bits per heavy atom. The van der Waals surface area contributed by atoms with E-state index in [1.54, 1.807) is 0 Å². The quantitative estimate of drug-likeness (QED) is 0.403. The van der Waals surface area contributed by atoms with E-state index in [1.807, 2.05) is 24.4 Å². The molecular weight excluding hydrogens is 378 g/mol. The van der Waals surface area contributed by atoms with E-state index in [1.165, 1.54) is 16.9 Å². The number of carbonyl (C=O) groups excluding carboxylic acids is 1. The monoisotopic (exact) mass is 403 g/mol. The molecule has 0 unspecified atom stereocenters. The van der Waals surface area contributed by atoms with Crippen molar-refractivity contribution in [2.75, 3.05) is 5.32 Å². The first kappa shape index (κ1) is 19.4. The lowest BCUT2D eigenvalue weighted by Crippen LogP contribution is -2.18. The third-order valence-corrected chi connectivity index (χ3v) is 6.00. The molecule has 4 aromatic rings. The van der Waals surface area contributed by atoms with Gasteiger partial charge in [-0.2, -0.15) is 0 Å². The van der Waals surface area contributed by atoms with Crippen molar-refractivity contribution in [2.45, 2.75) is 40.2 Å². The van der Waals surface area contributed by atoms with Crippen LogP contribution < -0.4 is 5.32 Å². The molecule has 0 aliphatic rings. The van der Waals surface area contributed by atoms with Gasteiger partial charge in [-0.25, -0.2) is 4.98 Å². The molecule has 0 radical (unpaired) electrons. The molecule has 0 bridgehead atoms. The van der Waals surface area contributed by atoms with Gasteiger partial charge in [0.05, 0.1) is 5.69 Å². The largest absolute Gasteiger partial charge is 0.336 e. The predicted molar refractivity (Wildman–Crippen MR) is 122 cm³/mol. The molecule has 5 heteroatoms. The summed E-state index contributed by atoms with van der Waals surface area (Å²) in [5.41, 5.74) is 6.02. The van der Waals surface area contributed by atoms with Crippen LogP contribution in [0.4, 0.5) is 5.13 Å². The van der Waals surface area contributed by atoms with Crippen LogP contribution in [0.15, 0.2) is 53.9 Å². The Bertz CT molecular complexity index is 1150. The minimum atomic E-state index is -0.0976. The fourth-order valence-corrected chi connectivity index (χ4v) is 4.38. The minimum absolute atomic E-state index is 0.0976. The number of nitrogens with one attached hydrogen (secondary N) is 1. The molecule has 0 atom stereocenters. The van der Waals surface area contributed by atoms with Gasteiger partial charge in [-0.15, -0.1) is 11.3 Å². The van der Waals surface area contributed by atoms with Crippen LogP contribution in [-0.4, -0.2) is 15.5 Å². The average Bonchev–Trinajstić information content (AvgIpc) is 3.30. The first-order chi connectivity index (χ1) is 14.1. The van der Waals surface area contributed by atoms with E-state index >= 15 is 0 Å². The molecule has 0 saturated carbocycles. The number of benzene rings is 2. The second-order valence-corrected chi connectivity index (χ2v) is 8.21. The molecule has 0 saturated heterocycles. The van der Waals surface area contributed by atoms with Crippen molar-refractivity contribution >= 4 is 33.3 Å². The van der Waals surface area contributed by atoms with Crippen LogP contribution in [0.1, 0.15) is 41.4 Å². The van der Waals surface area contributed by atoms with Gasteiger partial charge in [0.1, 0.15) is 5.69 Å². The highest BCUT2D eigenvalue weighted by Crippen LogP contribution is 2.29. The summed E-state index contributed by atoms with van der Waals surface area (Å²) in [6.07, 6.45) is 2.12. The van der Waals surface area contributed by atoms with Gasteiger partial charge in [-0.3, -0.25) is 10.1 Å². The summed E-state index contributed by atoms with van der Waals surface area (Å²) in [6.45, 7) is 7.09. The van der Waals surface area contributed by atoms with Crippen LogP contribution >= 0.6 is 11.3 Å². The average molecular weight is 404 g/mol. The van der Waals surface area contributed by atoms with Crippen LogP contribution in [0.25, 0.3) is 22.2 Å². The highest BCUT2D eigenvalue weighted by atomic mass is 32.1. The topological polar surface area (TPSA) is 46.9 Å². The highest BCUT2D eigenvalue weighted by Gasteiger charge is 2.21. The number of carbonyl (C=O) groups is 1. The fourth-order valence-electron chi connectivity index (χ4n) is 3.66. The Kier molecular flexibility index (Phi) is 5.49. The second-order valence-electron chi connectivity index (χ2n) is 7.35. The summed E-state index contributed by atoms with van der Waals surface area (Å²) in [5.74, 6) is -0.0976. The van der Waals surface area contributed by atoms with Crippen molar-refractivity contribution in [3.63, 3.8) is 0 Å². The number of rotatable bonds is 6. The summed E-state index contributed by atoms with van der Waals surface area (Å²) in [4.78, 5) is 17.8. The molecule has 0 aliphatic carbocycles. The van der Waals surface area contributed by atoms with Gasteiger partial charge in [0.25, 0.3) is 5.91 Å². The van der Waals surface area contributed by atoms with Gasteiger partial charge in [-0.1, -0.05) is 61.4 Å². The number of fused-ring (bicyclic) bond motifs is 1. The number of aromatic nitrogens is 2. The Morgan fingerprint density at radius 3 is 2.62 bits per heavy atom. The van der Waals surface area contributed by atoms with Gasteiger partial charge in [0, 0.05) is 28.4 Å². The van der Waals surface area contributed by atoms with Crippen molar-refractivity contribution in [2.24, 2.45) is 0 Å². The molecule has 1 amide bonds. The molecule has 2 aromatic carbocycles. The molecule has 1 N–H and O–H groups in total. The summed E-state index contributed by atoms with van der Waals surface area (Å²) < 4.78 is 2.15. The van der Waals surface area contributed by atoms with Crippen LogP contribution in [0, 0.1) is 13.8 Å². The number of hydrogen-bond donors (Lipinski definition) is 1. The zero-order valence-corrected chi connectivity index (χ0v) is 17.8. The first-order valence-corrected chi connectivity index (χ1v) is 10.9. The van der Waals surface area contributed by atoms with E-state index < -0.39 is 0 Å². The molecule has 2 aromatic heterocycles. The van der Waals surface area contributed by atoms with Gasteiger partial charge >= 0.3 is 0 Å². The molecule has 4 rings (SSSR count). The van der Waals surface area contributed by atoms with E-state index in [2.05, 4.69) is 65.1 Å². The Balaban J connectivity index is 1.64. The van der Waals surface area contributed by atoms with Gasteiger partial charge in [0.15, 0.2) is 5.13 Å². The number of anilines is 1. The molecule has 0 spiro atoms. The second kappa shape index (κ2) is 8.21. The molecule has 4 nitrogen and oxygen atoms in total. The van der Waals surface area contributed by atoms with Crippen LogP contribution in [0.3, 0.4) is 0 Å². The van der Waals surface area contributed by atoms with Crippen LogP contribution in [0.2, 0.25) is 0 Å². The predicted octanol–water partition coefficient (Wildman–Crippen LogP) is 6.43. The highest BCUT2D eigenvalue weighted by molar-refractivity contribution is 7.14. The fraction of sp³-hybridized carbons (Fsp3) is 0.250. The van der Waals surface area contributed by atoms with Crippen molar-refractivity contribution in [1.29, 1.82) is 0 Å². The lowest BCUT2D eigenvalue weighted by Gasteiger charge is -2.10. The lowest BCUT2D eigenvalue weighted by atomic mass is 10.1. The Hall–Kier alpha value is -2.92. The smallest absolute Gasteiger partial charge is 0.274 e. The third-order valence-electron chi connectivity index (χ3n) is 5.25. The van der Waals surface area contributed by atoms with Gasteiger partial charge in [-0.05, 0) is 31.9 Å². The normalized spacial score (nSPS) is 11.1. The maximum Gasteiger partial charge on any atom is 0.274 e. The number of para-hydroxylation sites is 1. The third kappa shape index (κ3) is 3.83. The molecule has 0 aliphatic heterocycles. The molecular formula is C24H25N3OS. The van der Waals surface area contributed by atoms with Crippen molar-refractivity contribution in [1.82, 2.24) is 9.55 Å². The Labute approximate surface area is 175 Å². The molecule has 148 valence electrons. The summed E-state index contributed by atoms with van der Waals surface area (Å²) in [5, 5.41) is 6.77. The van der Waals surface area contributed by atoms with E-state index in [9.17, 15) is 4.79 Å². The molecule has 2 heterocycles. The lowest BCUT2D eigenvalue weighted by molar-refractivity contribution is 0.101.